The first-order valence-electron chi connectivity index (χ1n) is 12.0. The van der Waals surface area contributed by atoms with Crippen LogP contribution in [0.25, 0.3) is 28.0 Å². The second-order valence-corrected chi connectivity index (χ2v) is 10.6. The Balaban J connectivity index is 1.44. The van der Waals surface area contributed by atoms with Crippen molar-refractivity contribution in [3.63, 3.8) is 0 Å². The molecule has 2 unspecified atom stereocenters. The third kappa shape index (κ3) is 3.71. The standard InChI is InChI=1S/C27H28BrN5O/c1-17-14-27(17,2)24-23(28)26(34-20-10-12-29-13-11-20)32-25-21(16-31-33(24)25)19-8-9-22(30-15-19)18-6-4-3-5-7-18/h3-9,15-17,20,29H,10-14H2,1-2H3. The summed E-state index contributed by atoms with van der Waals surface area (Å²) in [7, 11) is 0. The number of piperidine rings is 1. The van der Waals surface area contributed by atoms with E-state index in [0.29, 0.717) is 11.8 Å². The van der Waals surface area contributed by atoms with Crippen LogP contribution < -0.4 is 10.1 Å². The van der Waals surface area contributed by atoms with Crippen molar-refractivity contribution < 1.29 is 4.74 Å². The number of rotatable bonds is 5. The minimum absolute atomic E-state index is 0.0466. The Hall–Kier alpha value is -2.77. The lowest BCUT2D eigenvalue weighted by atomic mass is 10.0. The summed E-state index contributed by atoms with van der Waals surface area (Å²) >= 11 is 3.86. The molecule has 0 radical (unpaired) electrons. The van der Waals surface area contributed by atoms with Gasteiger partial charge < -0.3 is 10.1 Å². The maximum atomic E-state index is 6.48. The van der Waals surface area contributed by atoms with E-state index in [-0.39, 0.29) is 11.5 Å². The van der Waals surface area contributed by atoms with Crippen LogP contribution in [0.5, 0.6) is 5.88 Å². The molecule has 3 aromatic heterocycles. The average molecular weight is 518 g/mol. The van der Waals surface area contributed by atoms with Gasteiger partial charge in [-0.05, 0) is 60.3 Å². The van der Waals surface area contributed by atoms with Crippen LogP contribution in [-0.2, 0) is 5.41 Å². The number of ether oxygens (including phenoxy) is 1. The Labute approximate surface area is 207 Å². The van der Waals surface area contributed by atoms with Gasteiger partial charge in [0.15, 0.2) is 5.65 Å². The molecule has 0 spiro atoms. The summed E-state index contributed by atoms with van der Waals surface area (Å²) in [6, 6.07) is 14.4. The SMILES string of the molecule is CC1CC1(C)c1c(Br)c(OC2CCNCC2)nc2c(-c3ccc(-c4ccccc4)nc3)cnn12. The molecule has 6 rings (SSSR count). The molecule has 1 saturated heterocycles. The van der Waals surface area contributed by atoms with E-state index in [4.69, 9.17) is 19.8 Å². The molecule has 1 saturated carbocycles. The number of hydrogen-bond donors (Lipinski definition) is 1. The Kier molecular flexibility index (Phi) is 5.41. The molecule has 4 heterocycles. The molecule has 1 aromatic carbocycles. The van der Waals surface area contributed by atoms with Crippen LogP contribution in [0.1, 0.15) is 38.8 Å². The van der Waals surface area contributed by atoms with E-state index in [1.807, 2.05) is 35.1 Å². The molecule has 7 heteroatoms. The predicted molar refractivity (Wildman–Crippen MR) is 137 cm³/mol. The van der Waals surface area contributed by atoms with Gasteiger partial charge in [0.05, 0.1) is 17.6 Å². The number of benzene rings is 1. The van der Waals surface area contributed by atoms with E-state index in [1.54, 1.807) is 0 Å². The Morgan fingerprint density at radius 3 is 2.50 bits per heavy atom. The van der Waals surface area contributed by atoms with Crippen molar-refractivity contribution in [1.29, 1.82) is 0 Å². The van der Waals surface area contributed by atoms with Gasteiger partial charge >= 0.3 is 0 Å². The lowest BCUT2D eigenvalue weighted by Crippen LogP contribution is -2.34. The molecule has 6 nitrogen and oxygen atoms in total. The van der Waals surface area contributed by atoms with Gasteiger partial charge in [-0.3, -0.25) is 4.98 Å². The Bertz CT molecular complexity index is 1330. The number of pyridine rings is 1. The summed E-state index contributed by atoms with van der Waals surface area (Å²) in [5, 5.41) is 8.20. The summed E-state index contributed by atoms with van der Waals surface area (Å²) in [5.74, 6) is 1.26. The summed E-state index contributed by atoms with van der Waals surface area (Å²) in [5.41, 5.74) is 6.03. The molecule has 2 aliphatic rings. The van der Waals surface area contributed by atoms with Crippen molar-refractivity contribution in [3.8, 4) is 28.3 Å². The summed E-state index contributed by atoms with van der Waals surface area (Å²) in [6.45, 7) is 6.55. The maximum absolute atomic E-state index is 6.48. The lowest BCUT2D eigenvalue weighted by molar-refractivity contribution is 0.154. The monoisotopic (exact) mass is 517 g/mol. The van der Waals surface area contributed by atoms with E-state index in [2.05, 4.69) is 59.4 Å². The summed E-state index contributed by atoms with van der Waals surface area (Å²) < 4.78 is 9.41. The zero-order chi connectivity index (χ0) is 23.3. The fourth-order valence-corrected chi connectivity index (χ4v) is 5.84. The third-order valence-electron chi connectivity index (χ3n) is 7.47. The number of hydrogen-bond acceptors (Lipinski definition) is 5. The number of fused-ring (bicyclic) bond motifs is 1. The minimum Gasteiger partial charge on any atom is -0.473 e. The normalized spacial score (nSPS) is 22.7. The van der Waals surface area contributed by atoms with E-state index < -0.39 is 0 Å². The lowest BCUT2D eigenvalue weighted by Gasteiger charge is -2.25. The highest BCUT2D eigenvalue weighted by molar-refractivity contribution is 9.10. The second kappa shape index (κ2) is 8.47. The largest absolute Gasteiger partial charge is 0.473 e. The van der Waals surface area contributed by atoms with Crippen LogP contribution in [-0.4, -0.2) is 38.8 Å². The number of nitrogens with zero attached hydrogens (tertiary/aromatic N) is 4. The van der Waals surface area contributed by atoms with Gasteiger partial charge in [0, 0.05) is 28.3 Å². The topological polar surface area (TPSA) is 64.3 Å². The van der Waals surface area contributed by atoms with Gasteiger partial charge in [-0.15, -0.1) is 0 Å². The molecule has 1 N–H and O–H groups in total. The summed E-state index contributed by atoms with van der Waals surface area (Å²) in [4.78, 5) is 9.72. The fraction of sp³-hybridized carbons (Fsp3) is 0.370. The predicted octanol–water partition coefficient (Wildman–Crippen LogP) is 5.65. The highest BCUT2D eigenvalue weighted by Gasteiger charge is 2.51. The van der Waals surface area contributed by atoms with Gasteiger partial charge in [-0.1, -0.05) is 50.2 Å². The molecule has 174 valence electrons. The average Bonchev–Trinajstić information content (AvgIpc) is 3.28. The zero-order valence-electron chi connectivity index (χ0n) is 19.5. The zero-order valence-corrected chi connectivity index (χ0v) is 21.0. The molecule has 2 atom stereocenters. The fourth-order valence-electron chi connectivity index (χ4n) is 5.04. The quantitative estimate of drug-likeness (QED) is 0.370. The van der Waals surface area contributed by atoms with Gasteiger partial charge in [0.25, 0.3) is 0 Å². The first-order valence-corrected chi connectivity index (χ1v) is 12.8. The van der Waals surface area contributed by atoms with Crippen molar-refractivity contribution in [3.05, 3.63) is 65.0 Å². The van der Waals surface area contributed by atoms with Crippen molar-refractivity contribution in [1.82, 2.24) is 24.9 Å². The summed E-state index contributed by atoms with van der Waals surface area (Å²) in [6.07, 6.45) is 7.08. The molecule has 0 bridgehead atoms. The van der Waals surface area contributed by atoms with Crippen molar-refractivity contribution in [2.75, 3.05) is 13.1 Å². The number of nitrogens with one attached hydrogen (secondary N) is 1. The van der Waals surface area contributed by atoms with Gasteiger partial charge in [0.1, 0.15) is 10.6 Å². The van der Waals surface area contributed by atoms with Crippen molar-refractivity contribution in [2.24, 2.45) is 5.92 Å². The Morgan fingerprint density at radius 2 is 1.82 bits per heavy atom. The molecule has 1 aliphatic carbocycles. The highest BCUT2D eigenvalue weighted by atomic mass is 79.9. The van der Waals surface area contributed by atoms with Crippen LogP contribution in [0.3, 0.4) is 0 Å². The first-order chi connectivity index (χ1) is 16.5. The minimum atomic E-state index is 0.0466. The maximum Gasteiger partial charge on any atom is 0.232 e. The third-order valence-corrected chi connectivity index (χ3v) is 8.18. The van der Waals surface area contributed by atoms with E-state index in [1.165, 1.54) is 0 Å². The van der Waals surface area contributed by atoms with Gasteiger partial charge in [-0.2, -0.15) is 10.1 Å². The highest BCUT2D eigenvalue weighted by Crippen LogP contribution is 2.56. The van der Waals surface area contributed by atoms with Gasteiger partial charge in [0.2, 0.25) is 5.88 Å². The molecular weight excluding hydrogens is 490 g/mol. The molecular formula is C27H28BrN5O. The van der Waals surface area contributed by atoms with Crippen molar-refractivity contribution >= 4 is 21.6 Å². The molecule has 34 heavy (non-hydrogen) atoms. The van der Waals surface area contributed by atoms with Crippen LogP contribution in [0.15, 0.2) is 59.3 Å². The smallest absolute Gasteiger partial charge is 0.232 e. The van der Waals surface area contributed by atoms with Gasteiger partial charge in [-0.25, -0.2) is 4.52 Å². The van der Waals surface area contributed by atoms with Crippen molar-refractivity contribution in [2.45, 2.75) is 44.6 Å². The van der Waals surface area contributed by atoms with Crippen LogP contribution in [0.2, 0.25) is 0 Å². The van der Waals surface area contributed by atoms with E-state index in [0.717, 1.165) is 70.6 Å². The molecule has 4 aromatic rings. The number of halogens is 1. The van der Waals surface area contributed by atoms with E-state index in [9.17, 15) is 0 Å². The molecule has 2 fully saturated rings. The second-order valence-electron chi connectivity index (χ2n) is 9.76. The van der Waals surface area contributed by atoms with E-state index >= 15 is 0 Å². The Morgan fingerprint density at radius 1 is 1.06 bits per heavy atom. The molecule has 1 aliphatic heterocycles. The van der Waals surface area contributed by atoms with Crippen LogP contribution >= 0.6 is 15.9 Å². The first kappa shape index (κ1) is 21.7. The number of aromatic nitrogens is 4. The van der Waals surface area contributed by atoms with Crippen LogP contribution in [0.4, 0.5) is 0 Å². The molecule has 0 amide bonds. The van der Waals surface area contributed by atoms with Crippen LogP contribution in [0, 0.1) is 5.92 Å².